The Morgan fingerprint density at radius 2 is 1.78 bits per heavy atom. The minimum Gasteiger partial charge on any atom is -0.207 e. The Balaban J connectivity index is 1.62. The fraction of sp³-hybridized carbons (Fsp3) is 0.333. The molecule has 0 radical (unpaired) electrons. The van der Waals surface area contributed by atoms with Gasteiger partial charge in [-0.05, 0) is 78.6 Å². The van der Waals surface area contributed by atoms with Crippen LogP contribution < -0.4 is 4.72 Å². The van der Waals surface area contributed by atoms with E-state index < -0.39 is 10.0 Å². The third kappa shape index (κ3) is 2.68. The summed E-state index contributed by atoms with van der Waals surface area (Å²) in [6, 6.07) is 9.71. The van der Waals surface area contributed by atoms with E-state index in [0.29, 0.717) is 17.7 Å². The largest absolute Gasteiger partial charge is 0.241 e. The molecule has 2 aromatic carbocycles. The molecule has 1 atom stereocenters. The standard InChI is InChI=1S/C18H18FNO2S/c19-15-6-8-17-14(10-15)5-9-18(17)20-23(21,22)16-7-4-12-2-1-3-13(12)11-16/h4,6-8,10-11,18,20H,1-3,5,9H2/t18-/m0/s1. The first-order valence-electron chi connectivity index (χ1n) is 7.95. The Bertz CT molecular complexity index is 877. The van der Waals surface area contributed by atoms with Crippen molar-refractivity contribution >= 4 is 10.0 Å². The van der Waals surface area contributed by atoms with E-state index in [4.69, 9.17) is 0 Å². The van der Waals surface area contributed by atoms with E-state index in [1.54, 1.807) is 18.2 Å². The van der Waals surface area contributed by atoms with Crippen molar-refractivity contribution in [3.05, 3.63) is 64.5 Å². The van der Waals surface area contributed by atoms with Gasteiger partial charge in [-0.1, -0.05) is 12.1 Å². The van der Waals surface area contributed by atoms with Crippen LogP contribution >= 0.6 is 0 Å². The molecule has 2 aliphatic carbocycles. The van der Waals surface area contributed by atoms with Gasteiger partial charge in [-0.25, -0.2) is 17.5 Å². The molecule has 0 aromatic heterocycles. The highest BCUT2D eigenvalue weighted by Gasteiger charge is 2.28. The number of fused-ring (bicyclic) bond motifs is 2. The van der Waals surface area contributed by atoms with Crippen molar-refractivity contribution in [3.8, 4) is 0 Å². The lowest BCUT2D eigenvalue weighted by Crippen LogP contribution is -2.27. The van der Waals surface area contributed by atoms with Gasteiger partial charge in [0.2, 0.25) is 10.0 Å². The Morgan fingerprint density at radius 1 is 0.957 bits per heavy atom. The molecule has 0 spiro atoms. The van der Waals surface area contributed by atoms with Gasteiger partial charge in [-0.2, -0.15) is 0 Å². The number of hydrogen-bond donors (Lipinski definition) is 1. The monoisotopic (exact) mass is 331 g/mol. The molecule has 4 rings (SSSR count). The number of sulfonamides is 1. The van der Waals surface area contributed by atoms with Crippen molar-refractivity contribution in [2.45, 2.75) is 43.0 Å². The number of halogens is 1. The summed E-state index contributed by atoms with van der Waals surface area (Å²) in [6.07, 6.45) is 4.44. The lowest BCUT2D eigenvalue weighted by atomic mass is 10.1. The molecular weight excluding hydrogens is 313 g/mol. The zero-order chi connectivity index (χ0) is 16.0. The molecule has 120 valence electrons. The molecule has 5 heteroatoms. The average molecular weight is 331 g/mol. The van der Waals surface area contributed by atoms with Gasteiger partial charge in [-0.15, -0.1) is 0 Å². The number of rotatable bonds is 3. The van der Waals surface area contributed by atoms with Crippen molar-refractivity contribution in [1.29, 1.82) is 0 Å². The van der Waals surface area contributed by atoms with E-state index in [0.717, 1.165) is 36.0 Å². The van der Waals surface area contributed by atoms with Gasteiger partial charge in [0.15, 0.2) is 0 Å². The molecule has 0 saturated carbocycles. The molecule has 3 nitrogen and oxygen atoms in total. The Kier molecular flexibility index (Phi) is 3.50. The maximum atomic E-state index is 13.3. The fourth-order valence-electron chi connectivity index (χ4n) is 3.68. The van der Waals surface area contributed by atoms with Crippen LogP contribution in [0.25, 0.3) is 0 Å². The van der Waals surface area contributed by atoms with Crippen molar-refractivity contribution < 1.29 is 12.8 Å². The van der Waals surface area contributed by atoms with Crippen molar-refractivity contribution in [2.24, 2.45) is 0 Å². The normalized spacial score (nSPS) is 19.6. The molecule has 0 heterocycles. The molecule has 0 aliphatic heterocycles. The first-order chi connectivity index (χ1) is 11.0. The lowest BCUT2D eigenvalue weighted by molar-refractivity contribution is 0.554. The van der Waals surface area contributed by atoms with Crippen LogP contribution in [0.1, 0.15) is 41.1 Å². The summed E-state index contributed by atoms with van der Waals surface area (Å²) in [5, 5.41) is 0. The maximum absolute atomic E-state index is 13.3. The minimum absolute atomic E-state index is 0.272. The van der Waals surface area contributed by atoms with Crippen molar-refractivity contribution in [1.82, 2.24) is 4.72 Å². The Labute approximate surface area is 135 Å². The predicted octanol–water partition coefficient (Wildman–Crippen LogP) is 3.28. The van der Waals surface area contributed by atoms with Crippen LogP contribution in [0.15, 0.2) is 41.3 Å². The quantitative estimate of drug-likeness (QED) is 0.938. The Morgan fingerprint density at radius 3 is 2.65 bits per heavy atom. The molecular formula is C18H18FNO2S. The van der Waals surface area contributed by atoms with E-state index >= 15 is 0 Å². The van der Waals surface area contributed by atoms with Gasteiger partial charge in [0.25, 0.3) is 0 Å². The third-order valence-corrected chi connectivity index (χ3v) is 6.33. The van der Waals surface area contributed by atoms with Crippen LogP contribution in [-0.4, -0.2) is 8.42 Å². The molecule has 1 N–H and O–H groups in total. The highest BCUT2D eigenvalue weighted by molar-refractivity contribution is 7.89. The van der Waals surface area contributed by atoms with Gasteiger partial charge in [0, 0.05) is 6.04 Å². The van der Waals surface area contributed by atoms with E-state index in [-0.39, 0.29) is 11.9 Å². The molecule has 0 saturated heterocycles. The van der Waals surface area contributed by atoms with Gasteiger partial charge in [0.1, 0.15) is 5.82 Å². The fourth-order valence-corrected chi connectivity index (χ4v) is 4.98. The second-order valence-electron chi connectivity index (χ2n) is 6.34. The van der Waals surface area contributed by atoms with Crippen LogP contribution in [0.2, 0.25) is 0 Å². The molecule has 0 fully saturated rings. The first-order valence-corrected chi connectivity index (χ1v) is 9.44. The Hall–Kier alpha value is -1.72. The maximum Gasteiger partial charge on any atom is 0.241 e. The van der Waals surface area contributed by atoms with E-state index in [1.807, 2.05) is 6.07 Å². The van der Waals surface area contributed by atoms with Gasteiger partial charge >= 0.3 is 0 Å². The van der Waals surface area contributed by atoms with Crippen LogP contribution in [0.3, 0.4) is 0 Å². The van der Waals surface area contributed by atoms with E-state index in [1.165, 1.54) is 17.7 Å². The second kappa shape index (κ2) is 5.42. The molecule has 2 aromatic rings. The summed E-state index contributed by atoms with van der Waals surface area (Å²) >= 11 is 0. The highest BCUT2D eigenvalue weighted by atomic mass is 32.2. The molecule has 23 heavy (non-hydrogen) atoms. The van der Waals surface area contributed by atoms with Crippen molar-refractivity contribution in [2.75, 3.05) is 0 Å². The zero-order valence-electron chi connectivity index (χ0n) is 12.7. The summed E-state index contributed by atoms with van der Waals surface area (Å²) in [5.74, 6) is -0.272. The summed E-state index contributed by atoms with van der Waals surface area (Å²) < 4.78 is 41.4. The van der Waals surface area contributed by atoms with Gasteiger partial charge in [0.05, 0.1) is 4.90 Å². The first kappa shape index (κ1) is 14.8. The number of hydrogen-bond acceptors (Lipinski definition) is 2. The summed E-state index contributed by atoms with van der Waals surface area (Å²) in [6.45, 7) is 0. The summed E-state index contributed by atoms with van der Waals surface area (Å²) in [4.78, 5) is 0.328. The summed E-state index contributed by atoms with van der Waals surface area (Å²) in [5.41, 5.74) is 4.18. The predicted molar refractivity (Wildman–Crippen MR) is 86.3 cm³/mol. The number of benzene rings is 2. The number of aryl methyl sites for hydroxylation is 3. The van der Waals surface area contributed by atoms with Crippen molar-refractivity contribution in [3.63, 3.8) is 0 Å². The summed E-state index contributed by atoms with van der Waals surface area (Å²) in [7, 11) is -3.56. The highest BCUT2D eigenvalue weighted by Crippen LogP contribution is 2.33. The van der Waals surface area contributed by atoms with Gasteiger partial charge in [-0.3, -0.25) is 0 Å². The molecule has 0 unspecified atom stereocenters. The number of nitrogens with one attached hydrogen (secondary N) is 1. The topological polar surface area (TPSA) is 46.2 Å². The molecule has 2 aliphatic rings. The molecule has 0 amide bonds. The zero-order valence-corrected chi connectivity index (χ0v) is 13.5. The van der Waals surface area contributed by atoms with Crippen LogP contribution in [0.4, 0.5) is 4.39 Å². The van der Waals surface area contributed by atoms with Crippen LogP contribution in [0, 0.1) is 5.82 Å². The average Bonchev–Trinajstić information content (AvgIpc) is 3.13. The molecule has 0 bridgehead atoms. The van der Waals surface area contributed by atoms with Gasteiger partial charge < -0.3 is 0 Å². The smallest absolute Gasteiger partial charge is 0.207 e. The van der Waals surface area contributed by atoms with Crippen LogP contribution in [0.5, 0.6) is 0 Å². The second-order valence-corrected chi connectivity index (χ2v) is 8.05. The van der Waals surface area contributed by atoms with Crippen LogP contribution in [-0.2, 0) is 29.3 Å². The SMILES string of the molecule is O=S(=O)(N[C@H]1CCc2cc(F)ccc21)c1ccc2c(c1)CCC2. The minimum atomic E-state index is -3.56. The van der Waals surface area contributed by atoms with E-state index in [2.05, 4.69) is 4.72 Å². The lowest BCUT2D eigenvalue weighted by Gasteiger charge is -2.15. The third-order valence-electron chi connectivity index (χ3n) is 4.86. The van der Waals surface area contributed by atoms with E-state index in [9.17, 15) is 12.8 Å².